The predicted octanol–water partition coefficient (Wildman–Crippen LogP) is 5.91. The van der Waals surface area contributed by atoms with Crippen molar-refractivity contribution in [3.8, 4) is 11.8 Å². The average Bonchev–Trinajstić information content (AvgIpc) is 2.42. The van der Waals surface area contributed by atoms with Crippen LogP contribution in [0.4, 0.5) is 0 Å². The van der Waals surface area contributed by atoms with Gasteiger partial charge < -0.3 is 8.85 Å². The zero-order valence-corrected chi connectivity index (χ0v) is 16.8. The third kappa shape index (κ3) is 13.4. The summed E-state index contributed by atoms with van der Waals surface area (Å²) in [6.07, 6.45) is 9.69. The van der Waals surface area contributed by atoms with Crippen LogP contribution in [0, 0.1) is 17.8 Å². The van der Waals surface area contributed by atoms with Crippen molar-refractivity contribution in [1.29, 1.82) is 0 Å². The maximum absolute atomic E-state index is 6.24. The molecule has 0 N–H and O–H groups in total. The molecule has 3 heteroatoms. The Bertz CT molecular complexity index is 315. The molecule has 0 saturated heterocycles. The molecule has 0 aliphatic rings. The van der Waals surface area contributed by atoms with Crippen molar-refractivity contribution in [3.63, 3.8) is 0 Å². The highest BCUT2D eigenvalue weighted by Crippen LogP contribution is 2.16. The maximum atomic E-state index is 6.24. The number of hydrogen-bond donors (Lipinski definition) is 0. The molecule has 0 amide bonds. The summed E-state index contributed by atoms with van der Waals surface area (Å²) in [7, 11) is -2.06. The van der Waals surface area contributed by atoms with E-state index in [-0.39, 0.29) is 6.10 Å². The van der Waals surface area contributed by atoms with E-state index in [1.165, 1.54) is 32.1 Å². The topological polar surface area (TPSA) is 18.5 Å². The molecule has 0 radical (unpaired) electrons. The molecule has 0 saturated carbocycles. The van der Waals surface area contributed by atoms with E-state index in [2.05, 4.69) is 52.6 Å². The Kier molecular flexibility index (Phi) is 13.0. The largest absolute Gasteiger partial charge is 0.394 e. The van der Waals surface area contributed by atoms with Crippen molar-refractivity contribution >= 4 is 8.56 Å². The van der Waals surface area contributed by atoms with E-state index in [0.29, 0.717) is 5.92 Å². The normalized spacial score (nSPS) is 13.0. The minimum atomic E-state index is -2.06. The van der Waals surface area contributed by atoms with Gasteiger partial charge in [0.25, 0.3) is 0 Å². The first-order chi connectivity index (χ1) is 10.4. The van der Waals surface area contributed by atoms with E-state index in [1.807, 2.05) is 0 Å². The lowest BCUT2D eigenvalue weighted by molar-refractivity contribution is 0.136. The molecule has 2 nitrogen and oxygen atoms in total. The molecule has 0 spiro atoms. The summed E-state index contributed by atoms with van der Waals surface area (Å²) >= 11 is 0. The Morgan fingerprint density at radius 1 is 0.955 bits per heavy atom. The van der Waals surface area contributed by atoms with Crippen LogP contribution < -0.4 is 0 Å². The van der Waals surface area contributed by atoms with Gasteiger partial charge >= 0.3 is 8.56 Å². The highest BCUT2D eigenvalue weighted by atomic mass is 28.4. The Hall–Kier alpha value is -0.303. The van der Waals surface area contributed by atoms with Crippen LogP contribution in [0.25, 0.3) is 0 Å². The summed E-state index contributed by atoms with van der Waals surface area (Å²) in [5.74, 6) is 7.02. The van der Waals surface area contributed by atoms with Crippen LogP contribution in [0.3, 0.4) is 0 Å². The van der Waals surface area contributed by atoms with Gasteiger partial charge in [-0.2, -0.15) is 0 Å². The van der Waals surface area contributed by atoms with Crippen molar-refractivity contribution < 1.29 is 8.85 Å². The number of hydrogen-bond acceptors (Lipinski definition) is 2. The molecule has 0 rings (SSSR count). The highest BCUT2D eigenvalue weighted by Gasteiger charge is 2.28. The third-order valence-corrected chi connectivity index (χ3v) is 5.25. The molecule has 0 aromatic carbocycles. The molecule has 22 heavy (non-hydrogen) atoms. The van der Waals surface area contributed by atoms with Gasteiger partial charge in [0.2, 0.25) is 0 Å². The van der Waals surface area contributed by atoms with E-state index in [9.17, 15) is 0 Å². The fraction of sp³-hybridized carbons (Fsp3) is 0.895. The van der Waals surface area contributed by atoms with Crippen LogP contribution in [-0.2, 0) is 8.85 Å². The van der Waals surface area contributed by atoms with Crippen LogP contribution in [0.15, 0.2) is 0 Å². The molecular formula is C19H38O2Si. The average molecular weight is 327 g/mol. The van der Waals surface area contributed by atoms with Gasteiger partial charge in [0.1, 0.15) is 6.10 Å². The first kappa shape index (κ1) is 21.7. The molecule has 0 aromatic heterocycles. The molecule has 1 unspecified atom stereocenters. The summed E-state index contributed by atoms with van der Waals surface area (Å²) in [5, 5.41) is 0. The summed E-state index contributed by atoms with van der Waals surface area (Å²) < 4.78 is 12.3. The monoisotopic (exact) mass is 326 g/mol. The highest BCUT2D eigenvalue weighted by molar-refractivity contribution is 6.64. The van der Waals surface area contributed by atoms with Crippen LogP contribution in [0.2, 0.25) is 13.1 Å². The van der Waals surface area contributed by atoms with Crippen LogP contribution in [0.1, 0.15) is 79.1 Å². The standard InChI is InChI=1S/C19H38O2Si/c1-7-9-11-12-13-14-16-20-22(5,6)21-19(15-10-8-2)17-18(3)4/h18-19H,7-9,11-14,16-17H2,1-6H3. The Balaban J connectivity index is 4.06. The van der Waals surface area contributed by atoms with Crippen molar-refractivity contribution in [2.24, 2.45) is 5.92 Å². The number of rotatable bonds is 12. The van der Waals surface area contributed by atoms with Crippen molar-refractivity contribution in [2.75, 3.05) is 6.61 Å². The molecule has 1 atom stereocenters. The zero-order valence-electron chi connectivity index (χ0n) is 15.8. The summed E-state index contributed by atoms with van der Waals surface area (Å²) in [4.78, 5) is 0. The van der Waals surface area contributed by atoms with E-state index >= 15 is 0 Å². The van der Waals surface area contributed by atoms with Crippen LogP contribution in [-0.4, -0.2) is 21.3 Å². The first-order valence-electron chi connectivity index (χ1n) is 9.21. The lowest BCUT2D eigenvalue weighted by Gasteiger charge is -2.27. The zero-order chi connectivity index (χ0) is 16.8. The Morgan fingerprint density at radius 2 is 1.59 bits per heavy atom. The minimum Gasteiger partial charge on any atom is -0.394 e. The lowest BCUT2D eigenvalue weighted by atomic mass is 10.1. The van der Waals surface area contributed by atoms with Crippen molar-refractivity contribution in [3.05, 3.63) is 0 Å². The molecule has 0 bridgehead atoms. The minimum absolute atomic E-state index is 0.0335. The lowest BCUT2D eigenvalue weighted by Crippen LogP contribution is -2.39. The summed E-state index contributed by atoms with van der Waals surface area (Å²) in [6.45, 7) is 13.9. The van der Waals surface area contributed by atoms with Gasteiger partial charge in [-0.05, 0) is 31.9 Å². The van der Waals surface area contributed by atoms with E-state index in [1.54, 1.807) is 0 Å². The smallest absolute Gasteiger partial charge is 0.332 e. The van der Waals surface area contributed by atoms with Gasteiger partial charge in [0.05, 0.1) is 0 Å². The summed E-state index contributed by atoms with van der Waals surface area (Å²) in [6, 6.07) is 0. The molecule has 130 valence electrons. The molecule has 0 fully saturated rings. The predicted molar refractivity (Wildman–Crippen MR) is 99.2 cm³/mol. The molecule has 0 aromatic rings. The molecular weight excluding hydrogens is 288 g/mol. The molecule has 0 heterocycles. The Morgan fingerprint density at radius 3 is 2.18 bits per heavy atom. The second kappa shape index (κ2) is 13.2. The van der Waals surface area contributed by atoms with Gasteiger partial charge in [-0.25, -0.2) is 0 Å². The van der Waals surface area contributed by atoms with Crippen molar-refractivity contribution in [2.45, 2.75) is 98.3 Å². The Labute approximate surface area is 140 Å². The van der Waals surface area contributed by atoms with Gasteiger partial charge in [-0.3, -0.25) is 0 Å². The van der Waals surface area contributed by atoms with Gasteiger partial charge in [0, 0.05) is 13.0 Å². The second-order valence-corrected chi connectivity index (χ2v) is 10.3. The van der Waals surface area contributed by atoms with Crippen LogP contribution in [0.5, 0.6) is 0 Å². The maximum Gasteiger partial charge on any atom is 0.332 e. The van der Waals surface area contributed by atoms with Gasteiger partial charge in [-0.1, -0.05) is 65.7 Å². The van der Waals surface area contributed by atoms with Crippen LogP contribution >= 0.6 is 0 Å². The fourth-order valence-electron chi connectivity index (χ4n) is 2.36. The van der Waals surface area contributed by atoms with Crippen molar-refractivity contribution in [1.82, 2.24) is 0 Å². The number of unbranched alkanes of at least 4 members (excludes halogenated alkanes) is 5. The van der Waals surface area contributed by atoms with E-state index < -0.39 is 8.56 Å². The third-order valence-electron chi connectivity index (χ3n) is 3.50. The van der Waals surface area contributed by atoms with E-state index in [0.717, 1.165) is 25.9 Å². The van der Waals surface area contributed by atoms with Gasteiger partial charge in [0.15, 0.2) is 0 Å². The summed E-state index contributed by atoms with van der Waals surface area (Å²) in [5.41, 5.74) is 0. The SMILES string of the molecule is CCC#CC(CC(C)C)O[Si](C)(C)OCCCCCCCC. The molecule has 0 aliphatic carbocycles. The fourth-order valence-corrected chi connectivity index (χ4v) is 3.90. The second-order valence-electron chi connectivity index (χ2n) is 6.93. The quantitative estimate of drug-likeness (QED) is 0.252. The van der Waals surface area contributed by atoms with Gasteiger partial charge in [-0.15, -0.1) is 5.92 Å². The molecule has 0 aliphatic heterocycles. The first-order valence-corrected chi connectivity index (χ1v) is 12.0. The van der Waals surface area contributed by atoms with E-state index in [4.69, 9.17) is 8.85 Å².